The molecule has 4 heteroatoms. The number of rotatable bonds is 7. The summed E-state index contributed by atoms with van der Waals surface area (Å²) >= 11 is 0. The number of nitrogens with zero attached hydrogens (tertiary/aromatic N) is 1. The maximum absolute atomic E-state index is 12.8. The first-order valence-electron chi connectivity index (χ1n) is 8.42. The molecule has 2 rings (SSSR count). The van der Waals surface area contributed by atoms with Gasteiger partial charge in [0.25, 0.3) is 0 Å². The van der Waals surface area contributed by atoms with Crippen LogP contribution < -0.4 is 10.1 Å². The van der Waals surface area contributed by atoms with Crippen molar-refractivity contribution in [3.8, 4) is 5.75 Å². The van der Waals surface area contributed by atoms with Crippen molar-refractivity contribution in [2.45, 2.75) is 39.7 Å². The standard InChI is InChI=1S/C18H28N2O2/c1-4-12-22-16-6-7-17(15(5-2)13-16)18(21)14(3)20-10-8-19-9-11-20/h6-7,13-14,19H,4-5,8-12H2,1-3H3. The predicted molar refractivity (Wildman–Crippen MR) is 89.8 cm³/mol. The van der Waals surface area contributed by atoms with Crippen LogP contribution >= 0.6 is 0 Å². The lowest BCUT2D eigenvalue weighted by atomic mass is 9.96. The Bertz CT molecular complexity index is 496. The van der Waals surface area contributed by atoms with Crippen LogP contribution in [0.15, 0.2) is 18.2 Å². The van der Waals surface area contributed by atoms with Crippen molar-refractivity contribution < 1.29 is 9.53 Å². The van der Waals surface area contributed by atoms with E-state index in [0.29, 0.717) is 6.61 Å². The summed E-state index contributed by atoms with van der Waals surface area (Å²) in [6.45, 7) is 10.7. The molecule has 1 saturated heterocycles. The Hall–Kier alpha value is -1.39. The molecule has 1 N–H and O–H groups in total. The normalized spacial score (nSPS) is 17.2. The van der Waals surface area contributed by atoms with Crippen LogP contribution in [0, 0.1) is 0 Å². The molecule has 0 bridgehead atoms. The molecule has 1 heterocycles. The van der Waals surface area contributed by atoms with Gasteiger partial charge in [0.15, 0.2) is 5.78 Å². The first kappa shape index (κ1) is 17.0. The molecule has 0 aromatic heterocycles. The second-order valence-corrected chi connectivity index (χ2v) is 5.85. The molecule has 22 heavy (non-hydrogen) atoms. The molecule has 0 saturated carbocycles. The molecule has 1 unspecified atom stereocenters. The Morgan fingerprint density at radius 2 is 2.05 bits per heavy atom. The van der Waals surface area contributed by atoms with Crippen molar-refractivity contribution in [2.75, 3.05) is 32.8 Å². The third-order valence-electron chi connectivity index (χ3n) is 4.27. The maximum Gasteiger partial charge on any atom is 0.179 e. The van der Waals surface area contributed by atoms with Crippen molar-refractivity contribution >= 4 is 5.78 Å². The van der Waals surface area contributed by atoms with Gasteiger partial charge in [-0.05, 0) is 43.5 Å². The van der Waals surface area contributed by atoms with E-state index in [2.05, 4.69) is 24.1 Å². The number of benzene rings is 1. The highest BCUT2D eigenvalue weighted by Gasteiger charge is 2.25. The van der Waals surface area contributed by atoms with Gasteiger partial charge in [-0.3, -0.25) is 9.69 Å². The molecular formula is C18H28N2O2. The fourth-order valence-electron chi connectivity index (χ4n) is 2.87. The number of hydrogen-bond donors (Lipinski definition) is 1. The summed E-state index contributed by atoms with van der Waals surface area (Å²) < 4.78 is 5.68. The quantitative estimate of drug-likeness (QED) is 0.786. The number of carbonyl (C=O) groups is 1. The molecule has 4 nitrogen and oxygen atoms in total. The van der Waals surface area contributed by atoms with E-state index in [-0.39, 0.29) is 11.8 Å². The lowest BCUT2D eigenvalue weighted by molar-refractivity contribution is 0.0819. The van der Waals surface area contributed by atoms with Gasteiger partial charge in [0, 0.05) is 31.7 Å². The minimum absolute atomic E-state index is 0.0604. The van der Waals surface area contributed by atoms with E-state index in [9.17, 15) is 4.79 Å². The Morgan fingerprint density at radius 1 is 1.32 bits per heavy atom. The molecule has 1 aromatic carbocycles. The molecule has 0 radical (unpaired) electrons. The van der Waals surface area contributed by atoms with E-state index in [4.69, 9.17) is 4.74 Å². The van der Waals surface area contributed by atoms with Crippen LogP contribution in [0.5, 0.6) is 5.75 Å². The van der Waals surface area contributed by atoms with E-state index in [0.717, 1.165) is 55.9 Å². The largest absolute Gasteiger partial charge is 0.494 e. The lowest BCUT2D eigenvalue weighted by Crippen LogP contribution is -2.50. The van der Waals surface area contributed by atoms with Crippen LogP contribution in [0.3, 0.4) is 0 Å². The predicted octanol–water partition coefficient (Wildman–Crippen LogP) is 2.51. The smallest absolute Gasteiger partial charge is 0.179 e. The minimum atomic E-state index is -0.0604. The molecular weight excluding hydrogens is 276 g/mol. The van der Waals surface area contributed by atoms with Crippen molar-refractivity contribution in [3.63, 3.8) is 0 Å². The second kappa shape index (κ2) is 8.30. The number of ether oxygens (including phenoxy) is 1. The highest BCUT2D eigenvalue weighted by molar-refractivity contribution is 6.01. The van der Waals surface area contributed by atoms with Crippen LogP contribution in [0.1, 0.15) is 43.1 Å². The summed E-state index contributed by atoms with van der Waals surface area (Å²) in [6, 6.07) is 5.82. The molecule has 1 aromatic rings. The van der Waals surface area contributed by atoms with Gasteiger partial charge in [-0.25, -0.2) is 0 Å². The van der Waals surface area contributed by atoms with Crippen LogP contribution in [0.25, 0.3) is 0 Å². The van der Waals surface area contributed by atoms with Gasteiger partial charge >= 0.3 is 0 Å². The summed E-state index contributed by atoms with van der Waals surface area (Å²) in [5.74, 6) is 1.09. The summed E-state index contributed by atoms with van der Waals surface area (Å²) in [5.41, 5.74) is 1.93. The third kappa shape index (κ3) is 4.08. The van der Waals surface area contributed by atoms with Gasteiger partial charge in [0.05, 0.1) is 12.6 Å². The molecule has 0 aliphatic carbocycles. The Labute approximate surface area is 133 Å². The van der Waals surface area contributed by atoms with Crippen molar-refractivity contribution in [1.82, 2.24) is 10.2 Å². The van der Waals surface area contributed by atoms with E-state index in [1.165, 1.54) is 0 Å². The molecule has 1 aliphatic heterocycles. The van der Waals surface area contributed by atoms with Gasteiger partial charge in [-0.1, -0.05) is 13.8 Å². The number of Topliss-reactive ketones (excluding diaryl/α,β-unsaturated/α-hetero) is 1. The zero-order valence-electron chi connectivity index (χ0n) is 14.0. The van der Waals surface area contributed by atoms with Crippen molar-refractivity contribution in [1.29, 1.82) is 0 Å². The van der Waals surface area contributed by atoms with Gasteiger partial charge in [-0.2, -0.15) is 0 Å². The highest BCUT2D eigenvalue weighted by atomic mass is 16.5. The maximum atomic E-state index is 12.8. The second-order valence-electron chi connectivity index (χ2n) is 5.85. The highest BCUT2D eigenvalue weighted by Crippen LogP contribution is 2.21. The monoisotopic (exact) mass is 304 g/mol. The van der Waals surface area contributed by atoms with Gasteiger partial charge in [-0.15, -0.1) is 0 Å². The molecule has 1 fully saturated rings. The number of hydrogen-bond acceptors (Lipinski definition) is 4. The fraction of sp³-hybridized carbons (Fsp3) is 0.611. The van der Waals surface area contributed by atoms with Crippen molar-refractivity contribution in [2.24, 2.45) is 0 Å². The number of carbonyl (C=O) groups excluding carboxylic acids is 1. The first-order chi connectivity index (χ1) is 10.7. The summed E-state index contributed by atoms with van der Waals surface area (Å²) in [6.07, 6.45) is 1.83. The molecule has 0 spiro atoms. The van der Waals surface area contributed by atoms with Crippen molar-refractivity contribution in [3.05, 3.63) is 29.3 Å². The van der Waals surface area contributed by atoms with E-state index < -0.39 is 0 Å². The van der Waals surface area contributed by atoms with Crippen LogP contribution in [0.2, 0.25) is 0 Å². The number of nitrogens with one attached hydrogen (secondary N) is 1. The zero-order chi connectivity index (χ0) is 15.9. The molecule has 122 valence electrons. The fourth-order valence-corrected chi connectivity index (χ4v) is 2.87. The Balaban J connectivity index is 2.13. The van der Waals surface area contributed by atoms with Gasteiger partial charge in [0.1, 0.15) is 5.75 Å². The topological polar surface area (TPSA) is 41.6 Å². The van der Waals surface area contributed by atoms with E-state index >= 15 is 0 Å². The van der Waals surface area contributed by atoms with E-state index in [1.807, 2.05) is 25.1 Å². The SMILES string of the molecule is CCCOc1ccc(C(=O)C(C)N2CCNCC2)c(CC)c1. The van der Waals surface area contributed by atoms with Crippen LogP contribution in [-0.4, -0.2) is 49.5 Å². The lowest BCUT2D eigenvalue weighted by Gasteiger charge is -2.32. The molecule has 1 aliphatic rings. The van der Waals surface area contributed by atoms with Crippen LogP contribution in [0.4, 0.5) is 0 Å². The number of aryl methyl sites for hydroxylation is 1. The Morgan fingerprint density at radius 3 is 2.68 bits per heavy atom. The average Bonchev–Trinajstić information content (AvgIpc) is 2.59. The molecule has 0 amide bonds. The first-order valence-corrected chi connectivity index (χ1v) is 8.42. The zero-order valence-corrected chi connectivity index (χ0v) is 14.0. The van der Waals surface area contributed by atoms with Gasteiger partial charge < -0.3 is 10.1 Å². The van der Waals surface area contributed by atoms with Gasteiger partial charge in [0.2, 0.25) is 0 Å². The molecule has 1 atom stereocenters. The number of ketones is 1. The summed E-state index contributed by atoms with van der Waals surface area (Å²) in [4.78, 5) is 15.1. The summed E-state index contributed by atoms with van der Waals surface area (Å²) in [5, 5.41) is 3.33. The summed E-state index contributed by atoms with van der Waals surface area (Å²) in [7, 11) is 0. The number of piperazine rings is 1. The third-order valence-corrected chi connectivity index (χ3v) is 4.27. The minimum Gasteiger partial charge on any atom is -0.494 e. The van der Waals surface area contributed by atoms with Crippen LogP contribution in [-0.2, 0) is 6.42 Å². The Kier molecular flexibility index (Phi) is 6.40. The van der Waals surface area contributed by atoms with E-state index in [1.54, 1.807) is 0 Å². The average molecular weight is 304 g/mol.